The second kappa shape index (κ2) is 2.69. The molecule has 0 aliphatic carbocycles. The van der Waals surface area contributed by atoms with Gasteiger partial charge in [0.15, 0.2) is 0 Å². The van der Waals surface area contributed by atoms with Gasteiger partial charge in [0.25, 0.3) is 0 Å². The maximum absolute atomic E-state index is 3.35. The van der Waals surface area contributed by atoms with E-state index in [4.69, 9.17) is 0 Å². The zero-order chi connectivity index (χ0) is 8.59. The van der Waals surface area contributed by atoms with Crippen LogP contribution in [0.5, 0.6) is 0 Å². The number of hydrogen-bond acceptors (Lipinski definition) is 0. The molecule has 0 bridgehead atoms. The van der Waals surface area contributed by atoms with E-state index in [0.717, 1.165) is 0 Å². The van der Waals surface area contributed by atoms with Gasteiger partial charge in [-0.2, -0.15) is 0 Å². The van der Waals surface area contributed by atoms with Crippen molar-refractivity contribution in [2.75, 3.05) is 0 Å². The molecule has 0 unspecified atom stereocenters. The Morgan fingerprint density at radius 2 is 1.00 bits per heavy atom. The standard InChI is InChI=1S/C11H15/c1-7-6-8(2)10(4)11(5)9(7)3/h1-5H3. The molecule has 0 N–H and O–H groups in total. The molecule has 0 saturated carbocycles. The summed E-state index contributed by atoms with van der Waals surface area (Å²) in [5, 5.41) is 0. The predicted octanol–water partition coefficient (Wildman–Crippen LogP) is 3.03. The lowest BCUT2D eigenvalue weighted by molar-refractivity contribution is 1.17. The van der Waals surface area contributed by atoms with E-state index >= 15 is 0 Å². The maximum Gasteiger partial charge on any atom is -0.0114 e. The van der Waals surface area contributed by atoms with E-state index in [-0.39, 0.29) is 0 Å². The van der Waals surface area contributed by atoms with Crippen molar-refractivity contribution in [1.29, 1.82) is 0 Å². The minimum absolute atomic E-state index is 1.28. The molecule has 1 rings (SSSR count). The van der Waals surface area contributed by atoms with Crippen LogP contribution in [0.1, 0.15) is 27.8 Å². The lowest BCUT2D eigenvalue weighted by Crippen LogP contribution is -1.93. The molecule has 1 aromatic rings. The maximum atomic E-state index is 3.35. The Hall–Kier alpha value is -0.780. The Balaban J connectivity index is 3.46. The number of benzene rings is 1. The fourth-order valence-electron chi connectivity index (χ4n) is 1.31. The lowest BCUT2D eigenvalue weighted by atomic mass is 9.96. The molecule has 0 aromatic heterocycles. The van der Waals surface area contributed by atoms with Crippen molar-refractivity contribution >= 4 is 0 Å². The van der Waals surface area contributed by atoms with E-state index in [9.17, 15) is 0 Å². The summed E-state index contributed by atoms with van der Waals surface area (Å²) < 4.78 is 0. The van der Waals surface area contributed by atoms with Crippen LogP contribution in [0.3, 0.4) is 0 Å². The van der Waals surface area contributed by atoms with Gasteiger partial charge in [-0.25, -0.2) is 0 Å². The van der Waals surface area contributed by atoms with Gasteiger partial charge in [-0.05, 0) is 68.5 Å². The van der Waals surface area contributed by atoms with Gasteiger partial charge in [0, 0.05) is 0 Å². The monoisotopic (exact) mass is 147 g/mol. The number of hydrogen-bond donors (Lipinski definition) is 0. The van der Waals surface area contributed by atoms with Gasteiger partial charge >= 0.3 is 0 Å². The average Bonchev–Trinajstić information content (AvgIpc) is 1.97. The molecule has 0 nitrogen and oxygen atoms in total. The average molecular weight is 147 g/mol. The smallest absolute Gasteiger partial charge is 0.0114 e. The second-order valence-corrected chi connectivity index (χ2v) is 3.25. The van der Waals surface area contributed by atoms with Crippen molar-refractivity contribution in [3.05, 3.63) is 33.9 Å². The van der Waals surface area contributed by atoms with Crippen molar-refractivity contribution in [3.8, 4) is 0 Å². The first-order valence-corrected chi connectivity index (χ1v) is 4.00. The first kappa shape index (κ1) is 8.32. The summed E-state index contributed by atoms with van der Waals surface area (Å²) in [4.78, 5) is 0. The fourth-order valence-corrected chi connectivity index (χ4v) is 1.31. The third-order valence-electron chi connectivity index (χ3n) is 2.62. The molecule has 0 amide bonds. The molecule has 0 fully saturated rings. The summed E-state index contributed by atoms with van der Waals surface area (Å²) in [6.07, 6.45) is 0. The molecule has 1 radical (unpaired) electrons. The molecule has 59 valence electrons. The topological polar surface area (TPSA) is 0 Å². The van der Waals surface area contributed by atoms with Crippen LogP contribution in [-0.2, 0) is 0 Å². The van der Waals surface area contributed by atoms with Crippen molar-refractivity contribution in [3.63, 3.8) is 0 Å². The molecule has 0 spiro atoms. The zero-order valence-corrected chi connectivity index (χ0v) is 8.00. The molecular formula is C11H15. The summed E-state index contributed by atoms with van der Waals surface area (Å²) in [6, 6.07) is 3.35. The van der Waals surface area contributed by atoms with Gasteiger partial charge in [0.05, 0.1) is 0 Å². The van der Waals surface area contributed by atoms with Crippen molar-refractivity contribution in [2.45, 2.75) is 34.6 Å². The highest BCUT2D eigenvalue weighted by atomic mass is 14.1. The molecule has 11 heavy (non-hydrogen) atoms. The molecule has 0 saturated heterocycles. The van der Waals surface area contributed by atoms with E-state index in [1.54, 1.807) is 0 Å². The van der Waals surface area contributed by atoms with Gasteiger partial charge < -0.3 is 0 Å². The van der Waals surface area contributed by atoms with Crippen LogP contribution in [0.2, 0.25) is 0 Å². The minimum Gasteiger partial charge on any atom is -0.0447 e. The van der Waals surface area contributed by atoms with Crippen LogP contribution < -0.4 is 0 Å². The van der Waals surface area contributed by atoms with Gasteiger partial charge in [0.2, 0.25) is 0 Å². The Morgan fingerprint density at radius 3 is 1.36 bits per heavy atom. The Morgan fingerprint density at radius 1 is 0.636 bits per heavy atom. The van der Waals surface area contributed by atoms with Crippen LogP contribution in [0, 0.1) is 40.7 Å². The van der Waals surface area contributed by atoms with Crippen LogP contribution in [0.15, 0.2) is 0 Å². The van der Waals surface area contributed by atoms with Gasteiger partial charge in [-0.15, -0.1) is 0 Å². The predicted molar refractivity (Wildman–Crippen MR) is 49.0 cm³/mol. The first-order valence-electron chi connectivity index (χ1n) is 4.00. The third-order valence-corrected chi connectivity index (χ3v) is 2.62. The summed E-state index contributed by atoms with van der Waals surface area (Å²) in [6.45, 7) is 10.7. The largest absolute Gasteiger partial charge is 0.0447 e. The molecule has 0 atom stereocenters. The molecular weight excluding hydrogens is 132 g/mol. The quantitative estimate of drug-likeness (QED) is 0.529. The van der Waals surface area contributed by atoms with Gasteiger partial charge in [-0.3, -0.25) is 0 Å². The summed E-state index contributed by atoms with van der Waals surface area (Å²) >= 11 is 0. The van der Waals surface area contributed by atoms with Gasteiger partial charge in [0.1, 0.15) is 0 Å². The van der Waals surface area contributed by atoms with E-state index < -0.39 is 0 Å². The molecule has 0 heteroatoms. The second-order valence-electron chi connectivity index (χ2n) is 3.25. The zero-order valence-electron chi connectivity index (χ0n) is 8.00. The summed E-state index contributed by atoms with van der Waals surface area (Å²) in [5.74, 6) is 0. The van der Waals surface area contributed by atoms with Crippen LogP contribution >= 0.6 is 0 Å². The summed E-state index contributed by atoms with van der Waals surface area (Å²) in [5.41, 5.74) is 6.75. The van der Waals surface area contributed by atoms with Crippen LogP contribution in [-0.4, -0.2) is 0 Å². The van der Waals surface area contributed by atoms with E-state index in [1.807, 2.05) is 0 Å². The lowest BCUT2D eigenvalue weighted by Gasteiger charge is -2.10. The van der Waals surface area contributed by atoms with Crippen LogP contribution in [0.25, 0.3) is 0 Å². The molecule has 0 heterocycles. The molecule has 1 aromatic carbocycles. The highest BCUT2D eigenvalue weighted by molar-refractivity contribution is 5.41. The van der Waals surface area contributed by atoms with Gasteiger partial charge in [-0.1, -0.05) is 0 Å². The van der Waals surface area contributed by atoms with E-state index in [2.05, 4.69) is 40.7 Å². The highest BCUT2D eigenvalue weighted by Crippen LogP contribution is 2.19. The van der Waals surface area contributed by atoms with Crippen molar-refractivity contribution in [2.24, 2.45) is 0 Å². The fraction of sp³-hybridized carbons (Fsp3) is 0.455. The Labute approximate surface area is 69.3 Å². The van der Waals surface area contributed by atoms with E-state index in [1.165, 1.54) is 27.8 Å². The first-order chi connectivity index (χ1) is 5.04. The Kier molecular flexibility index (Phi) is 2.03. The summed E-state index contributed by atoms with van der Waals surface area (Å²) in [7, 11) is 0. The SMILES string of the molecule is Cc1[c]c(C)c(C)c(C)c1C. The number of aryl methyl sites for hydroxylation is 2. The highest BCUT2D eigenvalue weighted by Gasteiger charge is 2.02. The van der Waals surface area contributed by atoms with Crippen molar-refractivity contribution < 1.29 is 0 Å². The number of rotatable bonds is 0. The van der Waals surface area contributed by atoms with Crippen molar-refractivity contribution in [1.82, 2.24) is 0 Å². The van der Waals surface area contributed by atoms with Crippen LogP contribution in [0.4, 0.5) is 0 Å². The minimum atomic E-state index is 1.28. The Bertz CT molecular complexity index is 256. The molecule has 0 aliphatic rings. The normalized spacial score (nSPS) is 10.3. The van der Waals surface area contributed by atoms with E-state index in [0.29, 0.717) is 0 Å². The molecule has 0 aliphatic heterocycles. The third kappa shape index (κ3) is 1.30.